The minimum Gasteiger partial charge on any atom is -0.463 e. The Morgan fingerprint density at radius 3 is 2.34 bits per heavy atom. The normalized spacial score (nSPS) is 14.3. The highest BCUT2D eigenvalue weighted by Gasteiger charge is 2.25. The molecule has 0 aromatic carbocycles. The summed E-state index contributed by atoms with van der Waals surface area (Å²) in [5.41, 5.74) is 1.76. The van der Waals surface area contributed by atoms with Gasteiger partial charge < -0.3 is 18.6 Å². The molecule has 1 amide bonds. The van der Waals surface area contributed by atoms with Gasteiger partial charge in [0.15, 0.2) is 23.0 Å². The highest BCUT2D eigenvalue weighted by atomic mass is 16.3. The molecule has 1 fully saturated rings. The second-order valence-electron chi connectivity index (χ2n) is 6.68. The van der Waals surface area contributed by atoms with Crippen molar-refractivity contribution in [3.05, 3.63) is 60.7 Å². The highest BCUT2D eigenvalue weighted by Crippen LogP contribution is 2.21. The number of aromatic nitrogens is 4. The van der Waals surface area contributed by atoms with Crippen LogP contribution in [0.4, 0.5) is 5.82 Å². The van der Waals surface area contributed by atoms with Gasteiger partial charge in [0.1, 0.15) is 11.4 Å². The maximum absolute atomic E-state index is 12.8. The molecule has 0 unspecified atom stereocenters. The number of hydrogen-bond acceptors (Lipinski definition) is 7. The van der Waals surface area contributed by atoms with Crippen LogP contribution < -0.4 is 4.90 Å². The molecule has 9 heteroatoms. The fourth-order valence-corrected chi connectivity index (χ4v) is 3.34. The number of hydrogen-bond donors (Lipinski definition) is 1. The van der Waals surface area contributed by atoms with Crippen molar-refractivity contribution in [3.8, 4) is 22.9 Å². The van der Waals surface area contributed by atoms with Gasteiger partial charge in [-0.1, -0.05) is 0 Å². The van der Waals surface area contributed by atoms with Gasteiger partial charge in [-0.25, -0.2) is 0 Å². The van der Waals surface area contributed by atoms with E-state index in [2.05, 4.69) is 25.3 Å². The number of aromatic amines is 1. The van der Waals surface area contributed by atoms with Gasteiger partial charge in [-0.15, -0.1) is 10.2 Å². The summed E-state index contributed by atoms with van der Waals surface area (Å²) in [6.45, 7) is 2.53. The molecular formula is C20H18N6O3. The van der Waals surface area contributed by atoms with Crippen LogP contribution in [0.5, 0.6) is 0 Å². The zero-order chi connectivity index (χ0) is 19.6. The van der Waals surface area contributed by atoms with E-state index in [-0.39, 0.29) is 5.91 Å². The van der Waals surface area contributed by atoms with Crippen LogP contribution in [-0.4, -0.2) is 57.4 Å². The number of amides is 1. The fraction of sp³-hybridized carbons (Fsp3) is 0.200. The first-order valence-corrected chi connectivity index (χ1v) is 9.29. The Balaban J connectivity index is 1.22. The molecule has 9 nitrogen and oxygen atoms in total. The Labute approximate surface area is 165 Å². The van der Waals surface area contributed by atoms with E-state index in [1.165, 1.54) is 0 Å². The van der Waals surface area contributed by atoms with E-state index < -0.39 is 0 Å². The lowest BCUT2D eigenvalue weighted by Gasteiger charge is -2.34. The summed E-state index contributed by atoms with van der Waals surface area (Å²) in [6.07, 6.45) is 3.19. The summed E-state index contributed by atoms with van der Waals surface area (Å²) >= 11 is 0. The number of H-pyrrole nitrogens is 1. The van der Waals surface area contributed by atoms with Crippen LogP contribution in [-0.2, 0) is 0 Å². The number of nitrogens with one attached hydrogen (secondary N) is 1. The van der Waals surface area contributed by atoms with Gasteiger partial charge in [-0.2, -0.15) is 5.10 Å². The Bertz CT molecular complexity index is 1080. The van der Waals surface area contributed by atoms with Crippen molar-refractivity contribution in [1.29, 1.82) is 0 Å². The average Bonchev–Trinajstić information content (AvgIpc) is 3.55. The third-order valence-electron chi connectivity index (χ3n) is 4.90. The van der Waals surface area contributed by atoms with Gasteiger partial charge in [0, 0.05) is 32.2 Å². The first kappa shape index (κ1) is 17.2. The predicted octanol–water partition coefficient (Wildman–Crippen LogP) is 2.68. The van der Waals surface area contributed by atoms with Crippen molar-refractivity contribution in [2.24, 2.45) is 0 Å². The van der Waals surface area contributed by atoms with E-state index in [1.54, 1.807) is 29.6 Å². The zero-order valence-electron chi connectivity index (χ0n) is 15.5. The number of furan rings is 2. The van der Waals surface area contributed by atoms with E-state index in [9.17, 15) is 4.79 Å². The summed E-state index contributed by atoms with van der Waals surface area (Å²) in [4.78, 5) is 16.7. The van der Waals surface area contributed by atoms with Gasteiger partial charge in [0.2, 0.25) is 0 Å². The molecule has 0 spiro atoms. The molecule has 1 saturated heterocycles. The summed E-state index contributed by atoms with van der Waals surface area (Å²) < 4.78 is 10.7. The Kier molecular flexibility index (Phi) is 4.32. The minimum absolute atomic E-state index is 0.0991. The number of anilines is 1. The lowest BCUT2D eigenvalue weighted by atomic mass is 10.2. The molecule has 1 aliphatic heterocycles. The molecule has 4 aromatic heterocycles. The van der Waals surface area contributed by atoms with E-state index >= 15 is 0 Å². The van der Waals surface area contributed by atoms with E-state index in [1.807, 2.05) is 30.3 Å². The van der Waals surface area contributed by atoms with E-state index in [0.717, 1.165) is 5.82 Å². The van der Waals surface area contributed by atoms with Gasteiger partial charge >= 0.3 is 0 Å². The van der Waals surface area contributed by atoms with Crippen molar-refractivity contribution >= 4 is 11.7 Å². The monoisotopic (exact) mass is 390 g/mol. The molecular weight excluding hydrogens is 372 g/mol. The predicted molar refractivity (Wildman–Crippen MR) is 104 cm³/mol. The summed E-state index contributed by atoms with van der Waals surface area (Å²) in [5.74, 6) is 2.02. The molecule has 0 atom stereocenters. The lowest BCUT2D eigenvalue weighted by Crippen LogP contribution is -2.49. The SMILES string of the molecule is O=C(c1cc(-c2ccco2)[nH]n1)N1CCN(c2ccc(-c3ccco3)nn2)CC1. The van der Waals surface area contributed by atoms with Crippen LogP contribution in [0.15, 0.2) is 63.8 Å². The standard InChI is InChI=1S/C20H18N6O3/c27-20(16-13-15(22-23-16)18-4-2-12-29-18)26-9-7-25(8-10-26)19-6-5-14(21-24-19)17-3-1-11-28-17/h1-6,11-13H,7-10H2,(H,22,23). The smallest absolute Gasteiger partial charge is 0.274 e. The number of carbonyl (C=O) groups is 1. The van der Waals surface area contributed by atoms with Crippen molar-refractivity contribution in [1.82, 2.24) is 25.3 Å². The summed E-state index contributed by atoms with van der Waals surface area (Å²) in [5, 5.41) is 15.5. The number of rotatable bonds is 4. The first-order chi connectivity index (χ1) is 14.3. The molecule has 1 N–H and O–H groups in total. The van der Waals surface area contributed by atoms with Crippen molar-refractivity contribution in [2.75, 3.05) is 31.1 Å². The quantitative estimate of drug-likeness (QED) is 0.571. The largest absolute Gasteiger partial charge is 0.463 e. The zero-order valence-corrected chi connectivity index (χ0v) is 15.5. The van der Waals surface area contributed by atoms with Crippen LogP contribution in [0.2, 0.25) is 0 Å². The second kappa shape index (κ2) is 7.27. The van der Waals surface area contributed by atoms with E-state index in [0.29, 0.717) is 54.8 Å². The number of carbonyl (C=O) groups excluding carboxylic acids is 1. The Morgan fingerprint density at radius 1 is 0.931 bits per heavy atom. The van der Waals surface area contributed by atoms with Gasteiger partial charge in [0.25, 0.3) is 5.91 Å². The van der Waals surface area contributed by atoms with E-state index in [4.69, 9.17) is 8.83 Å². The molecule has 29 heavy (non-hydrogen) atoms. The Hall–Kier alpha value is -3.88. The van der Waals surface area contributed by atoms with Crippen LogP contribution in [0.25, 0.3) is 22.9 Å². The molecule has 5 heterocycles. The number of nitrogens with zero attached hydrogens (tertiary/aromatic N) is 5. The lowest BCUT2D eigenvalue weighted by molar-refractivity contribution is 0.0740. The van der Waals surface area contributed by atoms with Crippen LogP contribution in [0.1, 0.15) is 10.5 Å². The third-order valence-corrected chi connectivity index (χ3v) is 4.90. The minimum atomic E-state index is -0.0991. The van der Waals surface area contributed by atoms with Gasteiger partial charge in [0.05, 0.1) is 12.5 Å². The maximum atomic E-state index is 12.8. The molecule has 146 valence electrons. The Morgan fingerprint density at radius 2 is 1.69 bits per heavy atom. The topological polar surface area (TPSA) is 104 Å². The first-order valence-electron chi connectivity index (χ1n) is 9.29. The maximum Gasteiger partial charge on any atom is 0.274 e. The van der Waals surface area contributed by atoms with Gasteiger partial charge in [-0.05, 0) is 36.4 Å². The van der Waals surface area contributed by atoms with Crippen LogP contribution in [0.3, 0.4) is 0 Å². The van der Waals surface area contributed by atoms with Crippen molar-refractivity contribution in [3.63, 3.8) is 0 Å². The second-order valence-corrected chi connectivity index (χ2v) is 6.68. The molecule has 0 aliphatic carbocycles. The summed E-state index contributed by atoms with van der Waals surface area (Å²) in [7, 11) is 0. The molecule has 0 bridgehead atoms. The summed E-state index contributed by atoms with van der Waals surface area (Å²) in [6, 6.07) is 12.8. The third kappa shape index (κ3) is 3.38. The van der Waals surface area contributed by atoms with Crippen LogP contribution >= 0.6 is 0 Å². The molecule has 4 aromatic rings. The molecule has 1 aliphatic rings. The van der Waals surface area contributed by atoms with Crippen molar-refractivity contribution in [2.45, 2.75) is 0 Å². The molecule has 0 radical (unpaired) electrons. The van der Waals surface area contributed by atoms with Crippen LogP contribution in [0, 0.1) is 0 Å². The van der Waals surface area contributed by atoms with Crippen molar-refractivity contribution < 1.29 is 13.6 Å². The average molecular weight is 390 g/mol. The van der Waals surface area contributed by atoms with Gasteiger partial charge in [-0.3, -0.25) is 9.89 Å². The number of piperazine rings is 1. The molecule has 0 saturated carbocycles. The molecule has 5 rings (SSSR count). The highest BCUT2D eigenvalue weighted by molar-refractivity contribution is 5.93. The fourth-order valence-electron chi connectivity index (χ4n) is 3.34.